The molecule has 1 rings (SSSR count). The topological polar surface area (TPSA) is 89.3 Å². The van der Waals surface area contributed by atoms with Crippen LogP contribution in [0.5, 0.6) is 0 Å². The normalized spacial score (nSPS) is 24.8. The Labute approximate surface area is 103 Å². The number of nitrogens with two attached hydrogens (primary N) is 1. The van der Waals surface area contributed by atoms with Gasteiger partial charge in [-0.15, -0.1) is 0 Å². The van der Waals surface area contributed by atoms with Gasteiger partial charge in [-0.25, -0.2) is 8.42 Å². The van der Waals surface area contributed by atoms with Crippen LogP contribution < -0.4 is 11.1 Å². The van der Waals surface area contributed by atoms with Gasteiger partial charge in [-0.3, -0.25) is 4.79 Å². The number of carbonyl (C=O) groups excluding carboxylic acids is 1. The smallest absolute Gasteiger partial charge is 0.223 e. The fraction of sp³-hybridized carbons (Fsp3) is 0.909. The summed E-state index contributed by atoms with van der Waals surface area (Å²) >= 11 is 0. The first-order valence-electron chi connectivity index (χ1n) is 6.09. The number of nitrogens with one attached hydrogen (secondary N) is 1. The van der Waals surface area contributed by atoms with E-state index in [-0.39, 0.29) is 17.6 Å². The Balaban J connectivity index is 2.25. The molecule has 1 saturated carbocycles. The third kappa shape index (κ3) is 5.04. The maximum atomic E-state index is 11.8. The summed E-state index contributed by atoms with van der Waals surface area (Å²) in [4.78, 5) is 11.8. The molecule has 0 heterocycles. The number of hydrogen-bond donors (Lipinski definition) is 2. The first-order chi connectivity index (χ1) is 7.94. The molecule has 1 fully saturated rings. The molecule has 17 heavy (non-hydrogen) atoms. The maximum absolute atomic E-state index is 11.8. The van der Waals surface area contributed by atoms with Crippen molar-refractivity contribution in [3.8, 4) is 0 Å². The van der Waals surface area contributed by atoms with E-state index in [4.69, 9.17) is 5.73 Å². The molecular formula is C11H22N2O3S. The third-order valence-electron chi connectivity index (χ3n) is 3.29. The van der Waals surface area contributed by atoms with Crippen LogP contribution in [-0.4, -0.2) is 39.4 Å². The van der Waals surface area contributed by atoms with Gasteiger partial charge in [0, 0.05) is 18.7 Å². The van der Waals surface area contributed by atoms with E-state index in [1.807, 2.05) is 0 Å². The van der Waals surface area contributed by atoms with Crippen LogP contribution in [0.2, 0.25) is 0 Å². The average Bonchev–Trinajstić information content (AvgIpc) is 2.70. The largest absolute Gasteiger partial charge is 0.356 e. The molecule has 0 radical (unpaired) electrons. The summed E-state index contributed by atoms with van der Waals surface area (Å²) in [6.45, 7) is 0.987. The van der Waals surface area contributed by atoms with Crippen molar-refractivity contribution in [1.82, 2.24) is 5.32 Å². The van der Waals surface area contributed by atoms with Crippen LogP contribution in [0.1, 0.15) is 25.7 Å². The summed E-state index contributed by atoms with van der Waals surface area (Å²) in [5, 5.41) is 2.80. The first kappa shape index (κ1) is 14.4. The molecule has 1 aliphatic rings. The van der Waals surface area contributed by atoms with Crippen LogP contribution in [0, 0.1) is 11.8 Å². The van der Waals surface area contributed by atoms with E-state index in [9.17, 15) is 13.2 Å². The van der Waals surface area contributed by atoms with E-state index in [2.05, 4.69) is 5.32 Å². The second kappa shape index (κ2) is 6.35. The molecule has 0 spiro atoms. The molecule has 3 N–H and O–H groups in total. The summed E-state index contributed by atoms with van der Waals surface area (Å²) in [6.07, 6.45) is 4.67. The first-order valence-corrected chi connectivity index (χ1v) is 8.15. The van der Waals surface area contributed by atoms with Gasteiger partial charge in [-0.1, -0.05) is 6.42 Å². The van der Waals surface area contributed by atoms with Crippen LogP contribution in [0.4, 0.5) is 0 Å². The predicted molar refractivity (Wildman–Crippen MR) is 67.2 cm³/mol. The fourth-order valence-electron chi connectivity index (χ4n) is 2.34. The zero-order chi connectivity index (χ0) is 12.9. The molecule has 0 bridgehead atoms. The zero-order valence-corrected chi connectivity index (χ0v) is 11.1. The van der Waals surface area contributed by atoms with Crippen LogP contribution in [-0.2, 0) is 14.6 Å². The second-order valence-corrected chi connectivity index (χ2v) is 7.07. The van der Waals surface area contributed by atoms with Crippen molar-refractivity contribution >= 4 is 15.7 Å². The van der Waals surface area contributed by atoms with Gasteiger partial charge in [0.2, 0.25) is 5.91 Å². The summed E-state index contributed by atoms with van der Waals surface area (Å²) in [7, 11) is -2.93. The highest BCUT2D eigenvalue weighted by molar-refractivity contribution is 7.90. The Morgan fingerprint density at radius 1 is 1.41 bits per heavy atom. The molecule has 1 amide bonds. The average molecular weight is 262 g/mol. The molecule has 2 atom stereocenters. The molecule has 1 aliphatic carbocycles. The van der Waals surface area contributed by atoms with Gasteiger partial charge in [0.05, 0.1) is 5.75 Å². The van der Waals surface area contributed by atoms with Crippen molar-refractivity contribution in [2.75, 3.05) is 25.1 Å². The van der Waals surface area contributed by atoms with E-state index in [1.54, 1.807) is 0 Å². The molecule has 5 nitrogen and oxygen atoms in total. The molecule has 100 valence electrons. The fourth-order valence-corrected chi connectivity index (χ4v) is 3.01. The van der Waals surface area contributed by atoms with Crippen molar-refractivity contribution in [3.05, 3.63) is 0 Å². The lowest BCUT2D eigenvalue weighted by molar-refractivity contribution is -0.125. The Hall–Kier alpha value is -0.620. The molecule has 6 heteroatoms. The van der Waals surface area contributed by atoms with E-state index in [1.165, 1.54) is 6.26 Å². The van der Waals surface area contributed by atoms with Crippen molar-refractivity contribution < 1.29 is 13.2 Å². The minimum Gasteiger partial charge on any atom is -0.356 e. The molecule has 0 saturated heterocycles. The third-order valence-corrected chi connectivity index (χ3v) is 4.32. The Morgan fingerprint density at radius 3 is 2.71 bits per heavy atom. The van der Waals surface area contributed by atoms with Gasteiger partial charge in [-0.05, 0) is 31.7 Å². The van der Waals surface area contributed by atoms with Crippen LogP contribution in [0.25, 0.3) is 0 Å². The van der Waals surface area contributed by atoms with Crippen LogP contribution in [0.3, 0.4) is 0 Å². The number of hydrogen-bond acceptors (Lipinski definition) is 4. The van der Waals surface area contributed by atoms with Crippen molar-refractivity contribution in [2.45, 2.75) is 25.7 Å². The lowest BCUT2D eigenvalue weighted by atomic mass is 9.95. The number of sulfone groups is 1. The molecule has 0 aliphatic heterocycles. The van der Waals surface area contributed by atoms with Gasteiger partial charge in [0.15, 0.2) is 0 Å². The summed E-state index contributed by atoms with van der Waals surface area (Å²) < 4.78 is 21.8. The van der Waals surface area contributed by atoms with E-state index >= 15 is 0 Å². The van der Waals surface area contributed by atoms with Crippen molar-refractivity contribution in [3.63, 3.8) is 0 Å². The standard InChI is InChI=1S/C11H22N2O3S/c1-17(15,16)7-3-6-13-11(14)10-5-2-4-9(10)8-12/h9-10H,2-8,12H2,1H3,(H,13,14). The van der Waals surface area contributed by atoms with Gasteiger partial charge < -0.3 is 11.1 Å². The highest BCUT2D eigenvalue weighted by Crippen LogP contribution is 2.30. The van der Waals surface area contributed by atoms with Gasteiger partial charge >= 0.3 is 0 Å². The van der Waals surface area contributed by atoms with E-state index < -0.39 is 9.84 Å². The van der Waals surface area contributed by atoms with Gasteiger partial charge in [-0.2, -0.15) is 0 Å². The minimum absolute atomic E-state index is 0.0261. The zero-order valence-electron chi connectivity index (χ0n) is 10.3. The highest BCUT2D eigenvalue weighted by atomic mass is 32.2. The van der Waals surface area contributed by atoms with Crippen molar-refractivity contribution in [1.29, 1.82) is 0 Å². The SMILES string of the molecule is CS(=O)(=O)CCCNC(=O)C1CCCC1CN. The summed E-state index contributed by atoms with van der Waals surface area (Å²) in [5.41, 5.74) is 5.61. The highest BCUT2D eigenvalue weighted by Gasteiger charge is 2.31. The molecular weight excluding hydrogens is 240 g/mol. The number of amides is 1. The number of rotatable bonds is 6. The Bertz CT molecular complexity index is 354. The Kier molecular flexibility index (Phi) is 5.39. The lowest BCUT2D eigenvalue weighted by Gasteiger charge is -2.17. The predicted octanol–water partition coefficient (Wildman–Crippen LogP) is -0.0877. The monoisotopic (exact) mass is 262 g/mol. The van der Waals surface area contributed by atoms with E-state index in [0.717, 1.165) is 19.3 Å². The van der Waals surface area contributed by atoms with Gasteiger partial charge in [0.1, 0.15) is 9.84 Å². The molecule has 0 aromatic rings. The number of carbonyl (C=O) groups is 1. The minimum atomic E-state index is -2.93. The second-order valence-electron chi connectivity index (χ2n) is 4.81. The maximum Gasteiger partial charge on any atom is 0.223 e. The van der Waals surface area contributed by atoms with Crippen LogP contribution >= 0.6 is 0 Å². The molecule has 2 unspecified atom stereocenters. The van der Waals surface area contributed by atoms with Crippen LogP contribution in [0.15, 0.2) is 0 Å². The molecule has 0 aromatic heterocycles. The quantitative estimate of drug-likeness (QED) is 0.655. The van der Waals surface area contributed by atoms with Gasteiger partial charge in [0.25, 0.3) is 0 Å². The molecule has 0 aromatic carbocycles. The van der Waals surface area contributed by atoms with Crippen molar-refractivity contribution in [2.24, 2.45) is 17.6 Å². The lowest BCUT2D eigenvalue weighted by Crippen LogP contribution is -2.35. The van der Waals surface area contributed by atoms with E-state index in [0.29, 0.717) is 25.4 Å². The Morgan fingerprint density at radius 2 is 2.12 bits per heavy atom. The summed E-state index contributed by atoms with van der Waals surface area (Å²) in [5.74, 6) is 0.479. The summed E-state index contributed by atoms with van der Waals surface area (Å²) in [6, 6.07) is 0.